The Morgan fingerprint density at radius 1 is 1.12 bits per heavy atom. The summed E-state index contributed by atoms with van der Waals surface area (Å²) in [4.78, 5) is 29.8. The van der Waals surface area contributed by atoms with Crippen LogP contribution >= 0.6 is 11.3 Å². The van der Waals surface area contributed by atoms with Crippen molar-refractivity contribution in [3.8, 4) is 10.6 Å². The Morgan fingerprint density at radius 2 is 1.88 bits per heavy atom. The fourth-order valence-corrected chi connectivity index (χ4v) is 3.16. The fraction of sp³-hybridized carbons (Fsp3) is 0.150. The van der Waals surface area contributed by atoms with E-state index in [2.05, 4.69) is 10.3 Å². The monoisotopic (exact) mass is 366 g/mol. The molecule has 0 unspecified atom stereocenters. The van der Waals surface area contributed by atoms with E-state index in [9.17, 15) is 9.59 Å². The average Bonchev–Trinajstić information content (AvgIpc) is 3.17. The summed E-state index contributed by atoms with van der Waals surface area (Å²) < 4.78 is 4.94. The Morgan fingerprint density at radius 3 is 2.50 bits per heavy atom. The lowest BCUT2D eigenvalue weighted by Crippen LogP contribution is -2.14. The lowest BCUT2D eigenvalue weighted by Gasteiger charge is -2.09. The van der Waals surface area contributed by atoms with Crippen LogP contribution in [0.1, 0.15) is 33.3 Å². The lowest BCUT2D eigenvalue weighted by atomic mass is 10.1. The molecule has 1 N–H and O–H groups in total. The number of esters is 1. The average molecular weight is 366 g/mol. The van der Waals surface area contributed by atoms with Crippen LogP contribution in [0.5, 0.6) is 0 Å². The predicted octanol–water partition coefficient (Wildman–Crippen LogP) is 4.55. The van der Waals surface area contributed by atoms with Crippen molar-refractivity contribution in [1.82, 2.24) is 4.98 Å². The minimum absolute atomic E-state index is 0.239. The Bertz CT molecular complexity index is 919. The van der Waals surface area contributed by atoms with E-state index in [1.807, 2.05) is 30.5 Å². The van der Waals surface area contributed by atoms with Crippen molar-refractivity contribution in [2.75, 3.05) is 11.9 Å². The van der Waals surface area contributed by atoms with E-state index >= 15 is 0 Å². The largest absolute Gasteiger partial charge is 0.462 e. The maximum atomic E-state index is 12.5. The molecule has 0 radical (unpaired) electrons. The number of nitrogens with one attached hydrogen (secondary N) is 1. The maximum absolute atomic E-state index is 12.5. The van der Waals surface area contributed by atoms with E-state index < -0.39 is 0 Å². The second-order valence-corrected chi connectivity index (χ2v) is 6.51. The number of hydrogen-bond donors (Lipinski definition) is 1. The van der Waals surface area contributed by atoms with Crippen LogP contribution in [-0.2, 0) is 4.74 Å². The summed E-state index contributed by atoms with van der Waals surface area (Å²) in [5.74, 6) is -0.619. The Kier molecular flexibility index (Phi) is 5.43. The van der Waals surface area contributed by atoms with Crippen molar-refractivity contribution in [2.24, 2.45) is 0 Å². The number of ether oxygens (including phenoxy) is 1. The number of amides is 1. The van der Waals surface area contributed by atoms with Gasteiger partial charge in [0, 0.05) is 5.69 Å². The number of rotatable bonds is 5. The molecule has 0 aliphatic carbocycles. The molecule has 132 valence electrons. The predicted molar refractivity (Wildman–Crippen MR) is 103 cm³/mol. The van der Waals surface area contributed by atoms with Crippen molar-refractivity contribution < 1.29 is 14.3 Å². The quantitative estimate of drug-likeness (QED) is 0.673. The van der Waals surface area contributed by atoms with Crippen LogP contribution in [0.3, 0.4) is 0 Å². The van der Waals surface area contributed by atoms with Gasteiger partial charge in [0.05, 0.1) is 34.0 Å². The number of hydrogen-bond acceptors (Lipinski definition) is 5. The fourth-order valence-electron chi connectivity index (χ4n) is 2.47. The number of nitrogens with zero attached hydrogens (tertiary/aromatic N) is 1. The van der Waals surface area contributed by atoms with Gasteiger partial charge in [-0.3, -0.25) is 9.78 Å². The van der Waals surface area contributed by atoms with Crippen LogP contribution in [0.25, 0.3) is 10.6 Å². The number of carbonyl (C=O) groups is 2. The van der Waals surface area contributed by atoms with E-state index in [1.54, 1.807) is 48.6 Å². The molecule has 0 fully saturated rings. The molecular weight excluding hydrogens is 348 g/mol. The zero-order chi connectivity index (χ0) is 18.5. The van der Waals surface area contributed by atoms with Crippen LogP contribution < -0.4 is 5.32 Å². The Hall–Kier alpha value is -2.99. The van der Waals surface area contributed by atoms with E-state index in [4.69, 9.17) is 4.74 Å². The van der Waals surface area contributed by atoms with Gasteiger partial charge in [0.1, 0.15) is 0 Å². The molecule has 26 heavy (non-hydrogen) atoms. The topological polar surface area (TPSA) is 68.3 Å². The number of benzene rings is 1. The highest BCUT2D eigenvalue weighted by molar-refractivity contribution is 7.13. The summed E-state index contributed by atoms with van der Waals surface area (Å²) in [6.07, 6.45) is 0. The Balaban J connectivity index is 1.73. The van der Waals surface area contributed by atoms with Gasteiger partial charge in [-0.1, -0.05) is 6.07 Å². The lowest BCUT2D eigenvalue weighted by molar-refractivity contribution is 0.0526. The highest BCUT2D eigenvalue weighted by Gasteiger charge is 2.13. The summed E-state index contributed by atoms with van der Waals surface area (Å²) in [6.45, 7) is 3.90. The van der Waals surface area contributed by atoms with Crippen molar-refractivity contribution in [2.45, 2.75) is 13.8 Å². The summed E-state index contributed by atoms with van der Waals surface area (Å²) in [5, 5.41) is 4.82. The standard InChI is InChI=1S/C20H18N2O3S/c1-3-25-20(24)14-6-8-15(9-7-14)22-19(23)16-10-11-17(21-13(16)2)18-5-4-12-26-18/h4-12H,3H2,1-2H3,(H,22,23). The molecule has 2 aromatic heterocycles. The number of pyridine rings is 1. The van der Waals surface area contributed by atoms with Crippen molar-refractivity contribution in [3.05, 3.63) is 70.7 Å². The summed E-state index contributed by atoms with van der Waals surface area (Å²) in [6, 6.07) is 14.2. The molecular formula is C20H18N2O3S. The minimum atomic E-state index is -0.380. The van der Waals surface area contributed by atoms with Crippen LogP contribution in [0, 0.1) is 6.92 Å². The third-order valence-corrected chi connectivity index (χ3v) is 4.65. The number of aromatic nitrogens is 1. The number of anilines is 1. The molecule has 6 heteroatoms. The SMILES string of the molecule is CCOC(=O)c1ccc(NC(=O)c2ccc(-c3cccs3)nc2C)cc1. The molecule has 3 rings (SSSR count). The molecule has 0 atom stereocenters. The van der Waals surface area contributed by atoms with Gasteiger partial charge in [0.2, 0.25) is 0 Å². The first-order valence-corrected chi connectivity index (χ1v) is 9.06. The molecule has 1 amide bonds. The van der Waals surface area contributed by atoms with Crippen molar-refractivity contribution >= 4 is 28.9 Å². The van der Waals surface area contributed by atoms with Gasteiger partial charge >= 0.3 is 5.97 Å². The zero-order valence-corrected chi connectivity index (χ0v) is 15.3. The number of carbonyl (C=O) groups excluding carboxylic acids is 2. The number of aryl methyl sites for hydroxylation is 1. The van der Waals surface area contributed by atoms with E-state index in [0.717, 1.165) is 10.6 Å². The van der Waals surface area contributed by atoms with Gasteiger partial charge in [-0.25, -0.2) is 4.79 Å². The van der Waals surface area contributed by atoms with Gasteiger partial charge in [0.15, 0.2) is 0 Å². The molecule has 5 nitrogen and oxygen atoms in total. The molecule has 2 heterocycles. The molecule has 0 saturated heterocycles. The molecule has 0 bridgehead atoms. The second-order valence-electron chi connectivity index (χ2n) is 5.56. The highest BCUT2D eigenvalue weighted by Crippen LogP contribution is 2.24. The highest BCUT2D eigenvalue weighted by atomic mass is 32.1. The van der Waals surface area contributed by atoms with Crippen LogP contribution in [0.2, 0.25) is 0 Å². The van der Waals surface area contributed by atoms with Crippen LogP contribution in [-0.4, -0.2) is 23.5 Å². The van der Waals surface area contributed by atoms with Crippen molar-refractivity contribution in [1.29, 1.82) is 0 Å². The molecule has 3 aromatic rings. The number of thiophene rings is 1. The summed E-state index contributed by atoms with van der Waals surface area (Å²) in [7, 11) is 0. The summed E-state index contributed by atoms with van der Waals surface area (Å²) >= 11 is 1.61. The first-order valence-electron chi connectivity index (χ1n) is 8.18. The third kappa shape index (κ3) is 3.97. The van der Waals surface area contributed by atoms with Gasteiger partial charge in [-0.2, -0.15) is 0 Å². The normalized spacial score (nSPS) is 10.4. The van der Waals surface area contributed by atoms with E-state index in [0.29, 0.717) is 29.1 Å². The second kappa shape index (κ2) is 7.93. The van der Waals surface area contributed by atoms with Gasteiger partial charge < -0.3 is 10.1 Å². The van der Waals surface area contributed by atoms with Crippen LogP contribution in [0.15, 0.2) is 53.9 Å². The first kappa shape index (κ1) is 17.8. The Labute approximate surface area is 155 Å². The van der Waals surface area contributed by atoms with Gasteiger partial charge in [-0.05, 0) is 61.7 Å². The van der Waals surface area contributed by atoms with E-state index in [-0.39, 0.29) is 11.9 Å². The third-order valence-electron chi connectivity index (χ3n) is 3.76. The molecule has 0 saturated carbocycles. The zero-order valence-electron chi connectivity index (χ0n) is 14.5. The first-order chi connectivity index (χ1) is 12.6. The molecule has 0 aliphatic heterocycles. The smallest absolute Gasteiger partial charge is 0.338 e. The molecule has 0 aliphatic rings. The maximum Gasteiger partial charge on any atom is 0.338 e. The van der Waals surface area contributed by atoms with Crippen LogP contribution in [0.4, 0.5) is 5.69 Å². The molecule has 1 aromatic carbocycles. The summed E-state index contributed by atoms with van der Waals surface area (Å²) in [5.41, 5.74) is 3.08. The van der Waals surface area contributed by atoms with Gasteiger partial charge in [-0.15, -0.1) is 11.3 Å². The van der Waals surface area contributed by atoms with E-state index in [1.165, 1.54) is 0 Å². The van der Waals surface area contributed by atoms with Gasteiger partial charge in [0.25, 0.3) is 5.91 Å². The minimum Gasteiger partial charge on any atom is -0.462 e. The van der Waals surface area contributed by atoms with Crippen molar-refractivity contribution in [3.63, 3.8) is 0 Å². The molecule has 0 spiro atoms.